The summed E-state index contributed by atoms with van der Waals surface area (Å²) in [5, 5.41) is 3.33. The van der Waals surface area contributed by atoms with Crippen LogP contribution in [-0.2, 0) is 13.1 Å². The third-order valence-corrected chi connectivity index (χ3v) is 3.92. The average molecular weight is 351 g/mol. The Morgan fingerprint density at radius 1 is 1.12 bits per heavy atom. The van der Waals surface area contributed by atoms with Gasteiger partial charge in [-0.25, -0.2) is 4.98 Å². The highest BCUT2D eigenvalue weighted by molar-refractivity contribution is 5.37. The van der Waals surface area contributed by atoms with E-state index in [-0.39, 0.29) is 5.92 Å². The minimum Gasteiger partial charge on any atom is -0.350 e. The van der Waals surface area contributed by atoms with Crippen LogP contribution in [0, 0.1) is 0 Å². The smallest absolute Gasteiger partial charge is 0.229 e. The Hall–Kier alpha value is -2.96. The van der Waals surface area contributed by atoms with Crippen LogP contribution in [0.5, 0.6) is 0 Å². The van der Waals surface area contributed by atoms with Crippen LogP contribution < -0.4 is 10.2 Å². The van der Waals surface area contributed by atoms with Gasteiger partial charge < -0.3 is 14.8 Å². The molecule has 2 heterocycles. The first-order valence-electron chi connectivity index (χ1n) is 8.72. The Balaban J connectivity index is 1.72. The Labute approximate surface area is 154 Å². The molecule has 3 rings (SSSR count). The molecule has 2 aromatic heterocycles. The molecule has 7 heteroatoms. The maximum absolute atomic E-state index is 4.54. The Morgan fingerprint density at radius 3 is 2.62 bits per heavy atom. The lowest BCUT2D eigenvalue weighted by Crippen LogP contribution is -2.17. The molecule has 0 unspecified atom stereocenters. The number of anilines is 2. The molecule has 0 aliphatic rings. The van der Waals surface area contributed by atoms with E-state index >= 15 is 0 Å². The first-order chi connectivity index (χ1) is 12.5. The molecule has 0 spiro atoms. The number of aromatic nitrogens is 5. The van der Waals surface area contributed by atoms with Gasteiger partial charge in [0.15, 0.2) is 0 Å². The second-order valence-corrected chi connectivity index (χ2v) is 6.77. The predicted octanol–water partition coefficient (Wildman–Crippen LogP) is 2.92. The maximum atomic E-state index is 4.54. The second-order valence-electron chi connectivity index (χ2n) is 6.77. The van der Waals surface area contributed by atoms with E-state index in [0.29, 0.717) is 18.4 Å². The largest absolute Gasteiger partial charge is 0.350 e. The fourth-order valence-electron chi connectivity index (χ4n) is 2.53. The van der Waals surface area contributed by atoms with Crippen LogP contribution in [0.4, 0.5) is 11.9 Å². The summed E-state index contributed by atoms with van der Waals surface area (Å²) < 4.78 is 2.05. The summed E-state index contributed by atoms with van der Waals surface area (Å²) in [4.78, 5) is 19.5. The fraction of sp³-hybridized carbons (Fsp3) is 0.368. The number of imidazole rings is 1. The van der Waals surface area contributed by atoms with Crippen LogP contribution in [0.2, 0.25) is 0 Å². The van der Waals surface area contributed by atoms with Crippen molar-refractivity contribution in [2.24, 2.45) is 0 Å². The SMILES string of the molecule is CC(C)c1nc(NCc2cccc(Cn3ccnc3)c2)nc(N(C)C)n1. The molecule has 0 radical (unpaired) electrons. The quantitative estimate of drug-likeness (QED) is 0.706. The maximum Gasteiger partial charge on any atom is 0.229 e. The van der Waals surface area contributed by atoms with Gasteiger partial charge in [-0.15, -0.1) is 0 Å². The van der Waals surface area contributed by atoms with E-state index in [4.69, 9.17) is 0 Å². The molecule has 0 saturated carbocycles. The Bertz CT molecular complexity index is 815. The summed E-state index contributed by atoms with van der Waals surface area (Å²) in [5.74, 6) is 2.31. The first kappa shape index (κ1) is 17.8. The number of hydrogen-bond donors (Lipinski definition) is 1. The molecular formula is C19H25N7. The van der Waals surface area contributed by atoms with Crippen molar-refractivity contribution in [3.05, 3.63) is 59.9 Å². The van der Waals surface area contributed by atoms with Crippen molar-refractivity contribution in [1.82, 2.24) is 24.5 Å². The van der Waals surface area contributed by atoms with E-state index in [1.54, 1.807) is 6.20 Å². The third kappa shape index (κ3) is 4.56. The highest BCUT2D eigenvalue weighted by Crippen LogP contribution is 2.16. The Kier molecular flexibility index (Phi) is 5.46. The molecule has 0 fully saturated rings. The number of nitrogens with one attached hydrogen (secondary N) is 1. The molecule has 0 aliphatic carbocycles. The van der Waals surface area contributed by atoms with Gasteiger partial charge in [0, 0.05) is 45.5 Å². The van der Waals surface area contributed by atoms with Crippen molar-refractivity contribution in [2.75, 3.05) is 24.3 Å². The molecule has 1 aromatic carbocycles. The predicted molar refractivity (Wildman–Crippen MR) is 103 cm³/mol. The van der Waals surface area contributed by atoms with Crippen LogP contribution in [-0.4, -0.2) is 38.6 Å². The van der Waals surface area contributed by atoms with Crippen molar-refractivity contribution in [2.45, 2.75) is 32.9 Å². The van der Waals surface area contributed by atoms with Crippen LogP contribution in [0.3, 0.4) is 0 Å². The molecule has 0 saturated heterocycles. The van der Waals surface area contributed by atoms with Crippen LogP contribution in [0.15, 0.2) is 43.0 Å². The van der Waals surface area contributed by atoms with E-state index in [9.17, 15) is 0 Å². The lowest BCUT2D eigenvalue weighted by atomic mass is 10.1. The van der Waals surface area contributed by atoms with Gasteiger partial charge in [0.1, 0.15) is 5.82 Å². The van der Waals surface area contributed by atoms with Crippen LogP contribution >= 0.6 is 0 Å². The molecule has 136 valence electrons. The zero-order chi connectivity index (χ0) is 18.5. The lowest BCUT2D eigenvalue weighted by Gasteiger charge is -2.15. The number of rotatable bonds is 7. The highest BCUT2D eigenvalue weighted by atomic mass is 15.3. The van der Waals surface area contributed by atoms with Crippen molar-refractivity contribution in [3.8, 4) is 0 Å². The van der Waals surface area contributed by atoms with Gasteiger partial charge in [-0.3, -0.25) is 0 Å². The van der Waals surface area contributed by atoms with Gasteiger partial charge >= 0.3 is 0 Å². The van der Waals surface area contributed by atoms with Gasteiger partial charge in [0.05, 0.1) is 6.33 Å². The monoisotopic (exact) mass is 351 g/mol. The van der Waals surface area contributed by atoms with Gasteiger partial charge in [-0.05, 0) is 11.1 Å². The van der Waals surface area contributed by atoms with Crippen molar-refractivity contribution < 1.29 is 0 Å². The number of nitrogens with zero attached hydrogens (tertiary/aromatic N) is 6. The van der Waals surface area contributed by atoms with E-state index < -0.39 is 0 Å². The zero-order valence-corrected chi connectivity index (χ0v) is 15.7. The molecule has 3 aromatic rings. The van der Waals surface area contributed by atoms with E-state index in [1.807, 2.05) is 31.5 Å². The molecule has 26 heavy (non-hydrogen) atoms. The summed E-state index contributed by atoms with van der Waals surface area (Å²) in [6, 6.07) is 8.47. The normalized spacial score (nSPS) is 11.0. The summed E-state index contributed by atoms with van der Waals surface area (Å²) >= 11 is 0. The molecule has 0 atom stereocenters. The minimum absolute atomic E-state index is 0.246. The van der Waals surface area contributed by atoms with Gasteiger partial charge in [-0.1, -0.05) is 38.1 Å². The molecule has 7 nitrogen and oxygen atoms in total. The summed E-state index contributed by atoms with van der Waals surface area (Å²) in [5.41, 5.74) is 2.41. The van der Waals surface area contributed by atoms with Crippen molar-refractivity contribution >= 4 is 11.9 Å². The fourth-order valence-corrected chi connectivity index (χ4v) is 2.53. The van der Waals surface area contributed by atoms with E-state index in [2.05, 4.69) is 67.9 Å². The van der Waals surface area contributed by atoms with Gasteiger partial charge in [0.2, 0.25) is 11.9 Å². The van der Waals surface area contributed by atoms with E-state index in [1.165, 1.54) is 11.1 Å². The standard InChI is InChI=1S/C19H25N7/c1-14(2)17-22-18(24-19(23-17)25(3)4)21-11-15-6-5-7-16(10-15)12-26-9-8-20-13-26/h5-10,13-14H,11-12H2,1-4H3,(H,21,22,23,24). The van der Waals surface area contributed by atoms with Gasteiger partial charge in [-0.2, -0.15) is 15.0 Å². The van der Waals surface area contributed by atoms with Crippen LogP contribution in [0.1, 0.15) is 36.7 Å². The topological polar surface area (TPSA) is 71.8 Å². The Morgan fingerprint density at radius 2 is 1.92 bits per heavy atom. The molecule has 0 aliphatic heterocycles. The van der Waals surface area contributed by atoms with Crippen molar-refractivity contribution in [1.29, 1.82) is 0 Å². The molecule has 0 bridgehead atoms. The first-order valence-corrected chi connectivity index (χ1v) is 8.72. The van der Waals surface area contributed by atoms with E-state index in [0.717, 1.165) is 12.4 Å². The third-order valence-electron chi connectivity index (χ3n) is 3.92. The minimum atomic E-state index is 0.246. The van der Waals surface area contributed by atoms with Gasteiger partial charge in [0.25, 0.3) is 0 Å². The highest BCUT2D eigenvalue weighted by Gasteiger charge is 2.11. The second kappa shape index (κ2) is 7.95. The summed E-state index contributed by atoms with van der Waals surface area (Å²) in [6.45, 7) is 5.63. The van der Waals surface area contributed by atoms with Crippen LogP contribution in [0.25, 0.3) is 0 Å². The summed E-state index contributed by atoms with van der Waals surface area (Å²) in [6.07, 6.45) is 5.58. The molecule has 1 N–H and O–H groups in total. The summed E-state index contributed by atoms with van der Waals surface area (Å²) in [7, 11) is 3.87. The lowest BCUT2D eigenvalue weighted by molar-refractivity contribution is 0.754. The molecule has 0 amide bonds. The number of hydrogen-bond acceptors (Lipinski definition) is 6. The van der Waals surface area contributed by atoms with Crippen molar-refractivity contribution in [3.63, 3.8) is 0 Å². The number of benzene rings is 1. The zero-order valence-electron chi connectivity index (χ0n) is 15.7. The average Bonchev–Trinajstić information content (AvgIpc) is 3.13. The molecular weight excluding hydrogens is 326 g/mol.